The molecule has 4 aromatic carbocycles. The van der Waals surface area contributed by atoms with Crippen LogP contribution in [0.3, 0.4) is 0 Å². The monoisotopic (exact) mass is 561 g/mol. The molecule has 200 valence electrons. The maximum atomic E-state index is 13.6. The summed E-state index contributed by atoms with van der Waals surface area (Å²) < 4.78 is 28.2. The van der Waals surface area contributed by atoms with Gasteiger partial charge in [-0.3, -0.25) is 13.9 Å². The predicted octanol–water partition coefficient (Wildman–Crippen LogP) is 5.97. The third kappa shape index (κ3) is 6.85. The summed E-state index contributed by atoms with van der Waals surface area (Å²) in [6, 6.07) is 28.4. The third-order valence-electron chi connectivity index (χ3n) is 6.10. The summed E-state index contributed by atoms with van der Waals surface area (Å²) in [7, 11) is -4.11. The summed E-state index contributed by atoms with van der Waals surface area (Å²) in [6.07, 6.45) is 0. The molecule has 4 rings (SSSR count). The molecule has 2 amide bonds. The Bertz CT molecular complexity index is 1560. The lowest BCUT2D eigenvalue weighted by atomic mass is 10.1. The summed E-state index contributed by atoms with van der Waals surface area (Å²) in [6.45, 7) is 3.25. The molecular weight excluding hydrogens is 534 g/mol. The highest BCUT2D eigenvalue weighted by Gasteiger charge is 2.28. The van der Waals surface area contributed by atoms with Crippen LogP contribution in [0.4, 0.5) is 11.4 Å². The second kappa shape index (κ2) is 12.1. The van der Waals surface area contributed by atoms with E-state index in [1.807, 2.05) is 44.2 Å². The van der Waals surface area contributed by atoms with Crippen LogP contribution in [0.25, 0.3) is 0 Å². The number of sulfonamides is 1. The van der Waals surface area contributed by atoms with Gasteiger partial charge < -0.3 is 10.6 Å². The molecule has 0 bridgehead atoms. The third-order valence-corrected chi connectivity index (χ3v) is 8.14. The average molecular weight is 562 g/mol. The highest BCUT2D eigenvalue weighted by molar-refractivity contribution is 7.92. The summed E-state index contributed by atoms with van der Waals surface area (Å²) in [5.74, 6) is -0.976. The van der Waals surface area contributed by atoms with Gasteiger partial charge in [0.25, 0.3) is 15.9 Å². The molecule has 0 unspecified atom stereocenters. The maximum Gasteiger partial charge on any atom is 0.264 e. The SMILES string of the molecule is Cc1ccc(N(CC(=O)Nc2ccccc2C(=O)N[C@H](C)c2ccccc2)S(=O)(=O)c2ccc(Cl)cc2)cc1. The number of benzene rings is 4. The van der Waals surface area contributed by atoms with Crippen LogP contribution in [0, 0.1) is 6.92 Å². The van der Waals surface area contributed by atoms with Crippen LogP contribution in [0.2, 0.25) is 5.02 Å². The number of hydrogen-bond acceptors (Lipinski definition) is 4. The number of amides is 2. The van der Waals surface area contributed by atoms with Gasteiger partial charge in [-0.1, -0.05) is 71.8 Å². The van der Waals surface area contributed by atoms with E-state index in [9.17, 15) is 18.0 Å². The van der Waals surface area contributed by atoms with Gasteiger partial charge in [0.1, 0.15) is 6.54 Å². The minimum atomic E-state index is -4.11. The van der Waals surface area contributed by atoms with Gasteiger partial charge in [-0.05, 0) is 67.9 Å². The molecule has 0 radical (unpaired) electrons. The van der Waals surface area contributed by atoms with Gasteiger partial charge >= 0.3 is 0 Å². The molecular formula is C30H28ClN3O4S. The Balaban J connectivity index is 1.57. The normalized spacial score (nSPS) is 11.9. The lowest BCUT2D eigenvalue weighted by Crippen LogP contribution is -2.38. The van der Waals surface area contributed by atoms with Crippen LogP contribution in [0.5, 0.6) is 0 Å². The van der Waals surface area contributed by atoms with Crippen LogP contribution < -0.4 is 14.9 Å². The molecule has 0 spiro atoms. The fourth-order valence-electron chi connectivity index (χ4n) is 3.97. The molecule has 7 nitrogen and oxygen atoms in total. The maximum absolute atomic E-state index is 13.6. The smallest absolute Gasteiger partial charge is 0.264 e. The first-order valence-corrected chi connectivity index (χ1v) is 14.1. The number of anilines is 2. The molecule has 0 fully saturated rings. The number of halogens is 1. The van der Waals surface area contributed by atoms with Gasteiger partial charge in [0, 0.05) is 5.02 Å². The number of hydrogen-bond donors (Lipinski definition) is 2. The van der Waals surface area contributed by atoms with Crippen molar-refractivity contribution in [3.8, 4) is 0 Å². The van der Waals surface area contributed by atoms with Crippen LogP contribution in [-0.4, -0.2) is 26.8 Å². The average Bonchev–Trinajstić information content (AvgIpc) is 2.93. The first-order valence-electron chi connectivity index (χ1n) is 12.2. The Morgan fingerprint density at radius 1 is 0.846 bits per heavy atom. The molecule has 39 heavy (non-hydrogen) atoms. The first-order chi connectivity index (χ1) is 18.6. The fourth-order valence-corrected chi connectivity index (χ4v) is 5.52. The summed E-state index contributed by atoms with van der Waals surface area (Å²) >= 11 is 5.95. The molecule has 0 saturated carbocycles. The first kappa shape index (κ1) is 27.9. The molecule has 4 aromatic rings. The van der Waals surface area contributed by atoms with Gasteiger partial charge in [-0.2, -0.15) is 0 Å². The Kier molecular flexibility index (Phi) is 8.69. The zero-order chi connectivity index (χ0) is 28.0. The van der Waals surface area contributed by atoms with E-state index in [2.05, 4.69) is 10.6 Å². The largest absolute Gasteiger partial charge is 0.345 e. The Morgan fingerprint density at radius 2 is 1.46 bits per heavy atom. The molecule has 2 N–H and O–H groups in total. The number of nitrogens with zero attached hydrogens (tertiary/aromatic N) is 1. The van der Waals surface area contributed by atoms with E-state index in [4.69, 9.17) is 11.6 Å². The van der Waals surface area contributed by atoms with E-state index < -0.39 is 22.5 Å². The molecule has 9 heteroatoms. The van der Waals surface area contributed by atoms with Crippen LogP contribution in [-0.2, 0) is 14.8 Å². The Labute approximate surface area is 233 Å². The van der Waals surface area contributed by atoms with Gasteiger partial charge in [-0.15, -0.1) is 0 Å². The number of rotatable bonds is 9. The quantitative estimate of drug-likeness (QED) is 0.263. The summed E-state index contributed by atoms with van der Waals surface area (Å²) in [5, 5.41) is 6.06. The molecule has 0 aliphatic carbocycles. The minimum absolute atomic E-state index is 0.00467. The van der Waals surface area contributed by atoms with Crippen molar-refractivity contribution < 1.29 is 18.0 Å². The van der Waals surface area contributed by atoms with E-state index in [0.29, 0.717) is 10.7 Å². The Morgan fingerprint density at radius 3 is 2.13 bits per heavy atom. The number of nitrogens with one attached hydrogen (secondary N) is 2. The van der Waals surface area contributed by atoms with Crippen molar-refractivity contribution in [1.82, 2.24) is 5.32 Å². The van der Waals surface area contributed by atoms with Crippen molar-refractivity contribution in [2.45, 2.75) is 24.8 Å². The Hall–Kier alpha value is -4.14. The van der Waals surface area contributed by atoms with Crippen molar-refractivity contribution in [3.63, 3.8) is 0 Å². The number of aryl methyl sites for hydroxylation is 1. The summed E-state index contributed by atoms with van der Waals surface area (Å²) in [4.78, 5) is 26.3. The second-order valence-electron chi connectivity index (χ2n) is 9.00. The zero-order valence-electron chi connectivity index (χ0n) is 21.5. The van der Waals surface area contributed by atoms with Crippen molar-refractivity contribution in [3.05, 3.63) is 125 Å². The van der Waals surface area contributed by atoms with Crippen LogP contribution >= 0.6 is 11.6 Å². The molecule has 1 atom stereocenters. The number of carbonyl (C=O) groups excluding carboxylic acids is 2. The molecule has 0 aromatic heterocycles. The fraction of sp³-hybridized carbons (Fsp3) is 0.133. The van der Waals surface area contributed by atoms with E-state index >= 15 is 0 Å². The predicted molar refractivity (Wildman–Crippen MR) is 155 cm³/mol. The number of para-hydroxylation sites is 1. The van der Waals surface area contributed by atoms with Crippen molar-refractivity contribution >= 4 is 44.8 Å². The van der Waals surface area contributed by atoms with E-state index in [-0.39, 0.29) is 28.1 Å². The van der Waals surface area contributed by atoms with E-state index in [1.165, 1.54) is 24.3 Å². The highest BCUT2D eigenvalue weighted by atomic mass is 35.5. The van der Waals surface area contributed by atoms with E-state index in [0.717, 1.165) is 15.4 Å². The van der Waals surface area contributed by atoms with Crippen molar-refractivity contribution in [1.29, 1.82) is 0 Å². The lowest BCUT2D eigenvalue weighted by molar-refractivity contribution is -0.114. The molecule has 0 aliphatic heterocycles. The van der Waals surface area contributed by atoms with Crippen molar-refractivity contribution in [2.75, 3.05) is 16.2 Å². The topological polar surface area (TPSA) is 95.6 Å². The highest BCUT2D eigenvalue weighted by Crippen LogP contribution is 2.26. The lowest BCUT2D eigenvalue weighted by Gasteiger charge is -2.24. The zero-order valence-corrected chi connectivity index (χ0v) is 23.0. The number of carbonyl (C=O) groups is 2. The van der Waals surface area contributed by atoms with Gasteiger partial charge in [0.2, 0.25) is 5.91 Å². The minimum Gasteiger partial charge on any atom is -0.345 e. The standard InChI is InChI=1S/C30H28ClN3O4S/c1-21-12-16-25(17-13-21)34(39(37,38)26-18-14-24(31)15-19-26)20-29(35)33-28-11-7-6-10-27(28)30(36)32-22(2)23-8-4-3-5-9-23/h3-19,22H,20H2,1-2H3,(H,32,36)(H,33,35)/t22-/m1/s1. The molecule has 0 saturated heterocycles. The molecule has 0 aliphatic rings. The van der Waals surface area contributed by atoms with Gasteiger partial charge in [0.15, 0.2) is 0 Å². The summed E-state index contributed by atoms with van der Waals surface area (Å²) in [5.41, 5.74) is 2.74. The van der Waals surface area contributed by atoms with Crippen LogP contribution in [0.1, 0.15) is 34.5 Å². The van der Waals surface area contributed by atoms with Gasteiger partial charge in [0.05, 0.1) is 27.9 Å². The van der Waals surface area contributed by atoms with Crippen molar-refractivity contribution in [2.24, 2.45) is 0 Å². The van der Waals surface area contributed by atoms with E-state index in [1.54, 1.807) is 48.5 Å². The molecule has 0 heterocycles. The van der Waals surface area contributed by atoms with Crippen LogP contribution in [0.15, 0.2) is 108 Å². The van der Waals surface area contributed by atoms with Gasteiger partial charge in [-0.25, -0.2) is 8.42 Å². The second-order valence-corrected chi connectivity index (χ2v) is 11.3.